The van der Waals surface area contributed by atoms with Crippen LogP contribution >= 0.6 is 0 Å². The van der Waals surface area contributed by atoms with E-state index in [4.69, 9.17) is 4.74 Å². The molecule has 0 unspecified atom stereocenters. The second-order valence-corrected chi connectivity index (χ2v) is 6.03. The Morgan fingerprint density at radius 1 is 1.13 bits per heavy atom. The standard InChI is InChI=1S/C18H17F2N5O.C2H5N.C2H6/c1-11(12(2)15-4-3-13(7-21-15)18(19)20)10-26-17-6-5-16(24-25-17)14-8-22-23-9-14;1-3-2;1-2/h3-9,18H,10H2,1-2H3,(H,22,23);1H2,2H3;1-2H3/b12-11-;;. The number of halogens is 2. The van der Waals surface area contributed by atoms with E-state index in [1.165, 1.54) is 12.3 Å². The second-order valence-electron chi connectivity index (χ2n) is 6.03. The van der Waals surface area contributed by atoms with Crippen LogP contribution in [0.3, 0.4) is 0 Å². The molecule has 7 nitrogen and oxygen atoms in total. The van der Waals surface area contributed by atoms with E-state index in [-0.39, 0.29) is 5.56 Å². The predicted molar refractivity (Wildman–Crippen MR) is 119 cm³/mol. The van der Waals surface area contributed by atoms with Gasteiger partial charge in [0.05, 0.1) is 17.6 Å². The third-order valence-electron chi connectivity index (χ3n) is 3.93. The highest BCUT2D eigenvalue weighted by atomic mass is 19.3. The van der Waals surface area contributed by atoms with Crippen molar-refractivity contribution in [2.45, 2.75) is 34.1 Å². The third-order valence-corrected chi connectivity index (χ3v) is 3.93. The van der Waals surface area contributed by atoms with E-state index < -0.39 is 6.43 Å². The van der Waals surface area contributed by atoms with Gasteiger partial charge in [-0.05, 0) is 49.9 Å². The quantitative estimate of drug-likeness (QED) is 0.528. The van der Waals surface area contributed by atoms with Crippen molar-refractivity contribution in [3.05, 3.63) is 59.7 Å². The summed E-state index contributed by atoms with van der Waals surface area (Å²) in [6, 6.07) is 6.49. The number of aromatic nitrogens is 5. The zero-order valence-corrected chi connectivity index (χ0v) is 18.4. The molecule has 0 amide bonds. The minimum Gasteiger partial charge on any atom is -0.472 e. The first-order valence-electron chi connectivity index (χ1n) is 9.67. The van der Waals surface area contributed by atoms with Gasteiger partial charge in [0, 0.05) is 36.6 Å². The molecular weight excluding hydrogens is 402 g/mol. The average molecular weight is 431 g/mol. The summed E-state index contributed by atoms with van der Waals surface area (Å²) in [5.74, 6) is 0.394. The van der Waals surface area contributed by atoms with Gasteiger partial charge in [-0.15, -0.1) is 10.2 Å². The third kappa shape index (κ3) is 8.04. The molecule has 9 heteroatoms. The predicted octanol–water partition coefficient (Wildman–Crippen LogP) is 5.41. The minimum absolute atomic E-state index is 0.0940. The molecule has 0 bridgehead atoms. The number of aliphatic imine (C=N–C) groups is 1. The van der Waals surface area contributed by atoms with Gasteiger partial charge in [0.2, 0.25) is 5.88 Å². The van der Waals surface area contributed by atoms with Gasteiger partial charge in [0.15, 0.2) is 0 Å². The minimum atomic E-state index is -2.52. The largest absolute Gasteiger partial charge is 0.472 e. The van der Waals surface area contributed by atoms with Gasteiger partial charge >= 0.3 is 0 Å². The zero-order valence-electron chi connectivity index (χ0n) is 18.4. The first-order chi connectivity index (χ1) is 15.0. The SMILES string of the molecule is C/C(COc1ccc(-c2cn[nH]c2)nn1)=C(\C)c1ccc(C(F)F)cn1.C=NC.CC. The Kier molecular flexibility index (Phi) is 11.3. The van der Waals surface area contributed by atoms with Crippen LogP contribution in [0.15, 0.2) is 53.4 Å². The van der Waals surface area contributed by atoms with Gasteiger partial charge in [-0.25, -0.2) is 8.78 Å². The van der Waals surface area contributed by atoms with E-state index >= 15 is 0 Å². The van der Waals surface area contributed by atoms with Gasteiger partial charge in [0.1, 0.15) is 6.61 Å². The van der Waals surface area contributed by atoms with Gasteiger partial charge < -0.3 is 9.73 Å². The Morgan fingerprint density at radius 2 is 1.84 bits per heavy atom. The second kappa shape index (κ2) is 13.7. The van der Waals surface area contributed by atoms with Gasteiger partial charge in [-0.1, -0.05) is 13.8 Å². The number of ether oxygens (including phenoxy) is 1. The number of hydrogen-bond donors (Lipinski definition) is 1. The van der Waals surface area contributed by atoms with E-state index in [1.807, 2.05) is 27.7 Å². The fourth-order valence-corrected chi connectivity index (χ4v) is 2.21. The van der Waals surface area contributed by atoms with Crippen molar-refractivity contribution in [2.75, 3.05) is 13.7 Å². The fraction of sp³-hybridized carbons (Fsp3) is 0.318. The smallest absolute Gasteiger partial charge is 0.265 e. The molecule has 3 aromatic heterocycles. The molecule has 3 aromatic rings. The average Bonchev–Trinajstić information content (AvgIpc) is 3.34. The molecule has 0 spiro atoms. The van der Waals surface area contributed by atoms with Crippen molar-refractivity contribution in [3.63, 3.8) is 0 Å². The summed E-state index contributed by atoms with van der Waals surface area (Å²) in [7, 11) is 1.64. The number of nitrogens with one attached hydrogen (secondary N) is 1. The Bertz CT molecular complexity index is 924. The summed E-state index contributed by atoms with van der Waals surface area (Å²) in [4.78, 5) is 7.34. The zero-order chi connectivity index (χ0) is 23.2. The van der Waals surface area contributed by atoms with Crippen molar-refractivity contribution in [1.82, 2.24) is 25.4 Å². The molecule has 3 rings (SSSR count). The normalized spacial score (nSPS) is 10.8. The summed E-state index contributed by atoms with van der Waals surface area (Å²) in [5, 5.41) is 14.7. The lowest BCUT2D eigenvalue weighted by atomic mass is 10.1. The molecule has 0 saturated heterocycles. The topological polar surface area (TPSA) is 88.9 Å². The van der Waals surface area contributed by atoms with E-state index in [2.05, 4.69) is 37.1 Å². The van der Waals surface area contributed by atoms with Crippen LogP contribution in [0.2, 0.25) is 0 Å². The van der Waals surface area contributed by atoms with E-state index in [9.17, 15) is 8.78 Å². The molecule has 3 heterocycles. The van der Waals surface area contributed by atoms with E-state index in [0.29, 0.717) is 23.9 Å². The lowest BCUT2D eigenvalue weighted by Crippen LogP contribution is -2.03. The van der Waals surface area contributed by atoms with Gasteiger partial charge in [-0.3, -0.25) is 10.1 Å². The molecule has 0 aliphatic rings. The molecule has 31 heavy (non-hydrogen) atoms. The van der Waals surface area contributed by atoms with Crippen molar-refractivity contribution in [2.24, 2.45) is 4.99 Å². The van der Waals surface area contributed by atoms with Crippen molar-refractivity contribution >= 4 is 12.3 Å². The highest BCUT2D eigenvalue weighted by Crippen LogP contribution is 2.22. The maximum absolute atomic E-state index is 12.6. The summed E-state index contributed by atoms with van der Waals surface area (Å²) >= 11 is 0. The highest BCUT2D eigenvalue weighted by molar-refractivity contribution is 5.64. The first-order valence-corrected chi connectivity index (χ1v) is 9.67. The van der Waals surface area contributed by atoms with Gasteiger partial charge in [-0.2, -0.15) is 5.10 Å². The summed E-state index contributed by atoms with van der Waals surface area (Å²) in [5.41, 5.74) is 3.87. The van der Waals surface area contributed by atoms with Crippen LogP contribution < -0.4 is 4.74 Å². The number of H-pyrrole nitrogens is 1. The maximum Gasteiger partial charge on any atom is 0.265 e. The number of allylic oxidation sites excluding steroid dienone is 1. The number of aromatic amines is 1. The van der Waals surface area contributed by atoms with Crippen LogP contribution in [0.1, 0.15) is 45.4 Å². The van der Waals surface area contributed by atoms with Crippen LogP contribution in [0.5, 0.6) is 5.88 Å². The van der Waals surface area contributed by atoms with Crippen molar-refractivity contribution in [1.29, 1.82) is 0 Å². The molecule has 0 aliphatic heterocycles. The van der Waals surface area contributed by atoms with Crippen LogP contribution in [0, 0.1) is 0 Å². The van der Waals surface area contributed by atoms with Crippen LogP contribution in [0.4, 0.5) is 8.78 Å². The molecule has 1 N–H and O–H groups in total. The molecular formula is C22H28F2N6O. The lowest BCUT2D eigenvalue weighted by Gasteiger charge is -2.10. The van der Waals surface area contributed by atoms with Crippen molar-refractivity contribution < 1.29 is 13.5 Å². The summed E-state index contributed by atoms with van der Waals surface area (Å²) in [6.45, 7) is 11.2. The molecule has 0 radical (unpaired) electrons. The monoisotopic (exact) mass is 430 g/mol. The molecule has 166 valence electrons. The highest BCUT2D eigenvalue weighted by Gasteiger charge is 2.09. The number of hydrogen-bond acceptors (Lipinski definition) is 6. The number of nitrogens with zero attached hydrogens (tertiary/aromatic N) is 5. The molecule has 0 fully saturated rings. The summed E-state index contributed by atoms with van der Waals surface area (Å²) < 4.78 is 30.8. The molecule has 0 aromatic carbocycles. The van der Waals surface area contributed by atoms with Crippen LogP contribution in [-0.2, 0) is 0 Å². The summed E-state index contributed by atoms with van der Waals surface area (Å²) in [6.07, 6.45) is 2.06. The number of pyridine rings is 1. The fourth-order valence-electron chi connectivity index (χ4n) is 2.21. The Balaban J connectivity index is 0.000000884. The Morgan fingerprint density at radius 3 is 2.32 bits per heavy atom. The Hall–Kier alpha value is -3.49. The molecule has 0 aliphatic carbocycles. The molecule has 0 saturated carbocycles. The van der Waals surface area contributed by atoms with Crippen molar-refractivity contribution in [3.8, 4) is 17.1 Å². The van der Waals surface area contributed by atoms with Crippen LogP contribution in [-0.4, -0.2) is 45.8 Å². The number of rotatable bonds is 6. The maximum atomic E-state index is 12.6. The van der Waals surface area contributed by atoms with E-state index in [0.717, 1.165) is 16.7 Å². The molecule has 0 atom stereocenters. The van der Waals surface area contributed by atoms with Crippen LogP contribution in [0.25, 0.3) is 16.8 Å². The van der Waals surface area contributed by atoms with E-state index in [1.54, 1.807) is 37.6 Å². The Labute approximate surface area is 181 Å². The number of alkyl halides is 2. The lowest BCUT2D eigenvalue weighted by molar-refractivity contribution is 0.151. The van der Waals surface area contributed by atoms with Gasteiger partial charge in [0.25, 0.3) is 6.43 Å². The first kappa shape index (κ1) is 25.5.